The first kappa shape index (κ1) is 14.5. The van der Waals surface area contributed by atoms with Crippen LogP contribution in [0.3, 0.4) is 0 Å². The minimum atomic E-state index is -2.87. The van der Waals surface area contributed by atoms with Crippen molar-refractivity contribution in [2.45, 2.75) is 19.3 Å². The van der Waals surface area contributed by atoms with Crippen molar-refractivity contribution < 1.29 is 8.42 Å². The lowest BCUT2D eigenvalue weighted by Gasteiger charge is -2.04. The summed E-state index contributed by atoms with van der Waals surface area (Å²) in [5, 5.41) is 6.07. The molecule has 0 bridgehead atoms. The number of hydrogen-bond donors (Lipinski definition) is 1. The lowest BCUT2D eigenvalue weighted by molar-refractivity contribution is 0.601. The highest BCUT2D eigenvalue weighted by molar-refractivity contribution is 7.91. The first-order chi connectivity index (χ1) is 10.1. The molecule has 2 aromatic heterocycles. The highest BCUT2D eigenvalue weighted by Crippen LogP contribution is 2.33. The standard InChI is InChI=1S/C14H17N3O2S2/c1-2-15-13-7-10(3-5-16-13)14-17-12(8-20-14)11-4-6-21(18,19)9-11/h3,5,7-8,11H,2,4,6,9H2,1H3,(H,15,16). The Morgan fingerprint density at radius 3 is 3.05 bits per heavy atom. The lowest BCUT2D eigenvalue weighted by Crippen LogP contribution is -2.04. The topological polar surface area (TPSA) is 72.0 Å². The van der Waals surface area contributed by atoms with Crippen molar-refractivity contribution >= 4 is 27.0 Å². The van der Waals surface area contributed by atoms with E-state index in [9.17, 15) is 8.42 Å². The summed E-state index contributed by atoms with van der Waals surface area (Å²) < 4.78 is 23.1. The van der Waals surface area contributed by atoms with Crippen molar-refractivity contribution in [2.75, 3.05) is 23.4 Å². The van der Waals surface area contributed by atoms with Crippen molar-refractivity contribution in [3.8, 4) is 10.6 Å². The summed E-state index contributed by atoms with van der Waals surface area (Å²) >= 11 is 1.55. The van der Waals surface area contributed by atoms with Gasteiger partial charge < -0.3 is 5.32 Å². The zero-order valence-electron chi connectivity index (χ0n) is 11.7. The van der Waals surface area contributed by atoms with Gasteiger partial charge >= 0.3 is 0 Å². The predicted octanol–water partition coefficient (Wildman–Crippen LogP) is 2.54. The summed E-state index contributed by atoms with van der Waals surface area (Å²) in [6.45, 7) is 2.84. The number of thiazole rings is 1. The number of aromatic nitrogens is 2. The Kier molecular flexibility index (Phi) is 3.95. The van der Waals surface area contributed by atoms with Gasteiger partial charge in [0, 0.05) is 29.6 Å². The molecule has 0 saturated carbocycles. The van der Waals surface area contributed by atoms with Crippen molar-refractivity contribution in [3.05, 3.63) is 29.4 Å². The van der Waals surface area contributed by atoms with E-state index in [0.29, 0.717) is 6.42 Å². The van der Waals surface area contributed by atoms with E-state index in [-0.39, 0.29) is 17.4 Å². The van der Waals surface area contributed by atoms with Crippen LogP contribution in [-0.4, -0.2) is 36.4 Å². The zero-order chi connectivity index (χ0) is 14.9. The molecule has 0 amide bonds. The van der Waals surface area contributed by atoms with E-state index in [1.807, 2.05) is 24.4 Å². The molecule has 1 aliphatic rings. The van der Waals surface area contributed by atoms with Crippen LogP contribution in [0.5, 0.6) is 0 Å². The van der Waals surface area contributed by atoms with Gasteiger partial charge in [0.15, 0.2) is 9.84 Å². The van der Waals surface area contributed by atoms with Crippen LogP contribution in [0, 0.1) is 0 Å². The Hall–Kier alpha value is -1.47. The Labute approximate surface area is 128 Å². The molecule has 0 aliphatic carbocycles. The van der Waals surface area contributed by atoms with E-state index < -0.39 is 9.84 Å². The van der Waals surface area contributed by atoms with Crippen LogP contribution in [-0.2, 0) is 9.84 Å². The van der Waals surface area contributed by atoms with Gasteiger partial charge in [0.1, 0.15) is 10.8 Å². The third kappa shape index (κ3) is 3.24. The molecule has 0 radical (unpaired) electrons. The number of rotatable bonds is 4. The monoisotopic (exact) mass is 323 g/mol. The van der Waals surface area contributed by atoms with E-state index in [4.69, 9.17) is 0 Å². The van der Waals surface area contributed by atoms with E-state index in [0.717, 1.165) is 28.6 Å². The van der Waals surface area contributed by atoms with Gasteiger partial charge in [-0.1, -0.05) is 0 Å². The predicted molar refractivity (Wildman–Crippen MR) is 85.5 cm³/mol. The van der Waals surface area contributed by atoms with Gasteiger partial charge in [-0.3, -0.25) is 0 Å². The average Bonchev–Trinajstić information content (AvgIpc) is 3.06. The van der Waals surface area contributed by atoms with Gasteiger partial charge in [-0.05, 0) is 25.5 Å². The van der Waals surface area contributed by atoms with Gasteiger partial charge in [0.25, 0.3) is 0 Å². The molecule has 112 valence electrons. The average molecular weight is 323 g/mol. The van der Waals surface area contributed by atoms with Crippen LogP contribution in [0.1, 0.15) is 25.0 Å². The second-order valence-electron chi connectivity index (χ2n) is 5.14. The molecule has 0 aromatic carbocycles. The third-order valence-electron chi connectivity index (χ3n) is 3.54. The zero-order valence-corrected chi connectivity index (χ0v) is 13.4. The summed E-state index contributed by atoms with van der Waals surface area (Å²) in [7, 11) is -2.87. The molecule has 1 fully saturated rings. The largest absolute Gasteiger partial charge is 0.370 e. The summed E-state index contributed by atoms with van der Waals surface area (Å²) in [6.07, 6.45) is 2.44. The van der Waals surface area contributed by atoms with Crippen LogP contribution in [0.15, 0.2) is 23.7 Å². The summed E-state index contributed by atoms with van der Waals surface area (Å²) in [5.41, 5.74) is 1.91. The Morgan fingerprint density at radius 2 is 2.33 bits per heavy atom. The molecular weight excluding hydrogens is 306 g/mol. The molecule has 1 N–H and O–H groups in total. The number of nitrogens with one attached hydrogen (secondary N) is 1. The Morgan fingerprint density at radius 1 is 1.48 bits per heavy atom. The maximum absolute atomic E-state index is 11.6. The molecule has 2 aromatic rings. The molecule has 21 heavy (non-hydrogen) atoms. The van der Waals surface area contributed by atoms with E-state index in [1.165, 1.54) is 0 Å². The number of sulfone groups is 1. The fourth-order valence-electron chi connectivity index (χ4n) is 2.48. The number of hydrogen-bond acceptors (Lipinski definition) is 6. The minimum absolute atomic E-state index is 0.0510. The van der Waals surface area contributed by atoms with Gasteiger partial charge in [-0.15, -0.1) is 11.3 Å². The van der Waals surface area contributed by atoms with Gasteiger partial charge in [0.2, 0.25) is 0 Å². The molecule has 1 aliphatic heterocycles. The number of pyridine rings is 1. The van der Waals surface area contributed by atoms with Crippen LogP contribution >= 0.6 is 11.3 Å². The molecule has 1 atom stereocenters. The molecule has 3 rings (SSSR count). The number of nitrogens with zero attached hydrogens (tertiary/aromatic N) is 2. The summed E-state index contributed by atoms with van der Waals surface area (Å²) in [6, 6.07) is 3.90. The molecule has 7 heteroatoms. The molecule has 5 nitrogen and oxygen atoms in total. The highest BCUT2D eigenvalue weighted by Gasteiger charge is 2.30. The van der Waals surface area contributed by atoms with Gasteiger partial charge in [-0.25, -0.2) is 18.4 Å². The molecule has 1 unspecified atom stereocenters. The van der Waals surface area contributed by atoms with Gasteiger partial charge in [0.05, 0.1) is 17.2 Å². The van der Waals surface area contributed by atoms with Crippen LogP contribution in [0.4, 0.5) is 5.82 Å². The van der Waals surface area contributed by atoms with Crippen LogP contribution in [0.25, 0.3) is 10.6 Å². The Bertz CT molecular complexity index is 740. The maximum Gasteiger partial charge on any atom is 0.151 e. The molecule has 0 spiro atoms. The van der Waals surface area contributed by atoms with Crippen LogP contribution < -0.4 is 5.32 Å². The molecule has 3 heterocycles. The Balaban J connectivity index is 1.83. The normalized spacial score (nSPS) is 20.5. The van der Waals surface area contributed by atoms with E-state index in [2.05, 4.69) is 15.3 Å². The van der Waals surface area contributed by atoms with Crippen molar-refractivity contribution in [2.24, 2.45) is 0 Å². The summed E-state index contributed by atoms with van der Waals surface area (Å²) in [4.78, 5) is 8.87. The maximum atomic E-state index is 11.6. The number of anilines is 1. The smallest absolute Gasteiger partial charge is 0.151 e. The van der Waals surface area contributed by atoms with Crippen molar-refractivity contribution in [1.82, 2.24) is 9.97 Å². The SMILES string of the molecule is CCNc1cc(-c2nc(C3CCS(=O)(=O)C3)cs2)ccn1. The summed E-state index contributed by atoms with van der Waals surface area (Å²) in [5.74, 6) is 1.39. The minimum Gasteiger partial charge on any atom is -0.370 e. The van der Waals surface area contributed by atoms with Crippen molar-refractivity contribution in [1.29, 1.82) is 0 Å². The second-order valence-corrected chi connectivity index (χ2v) is 8.22. The van der Waals surface area contributed by atoms with Crippen LogP contribution in [0.2, 0.25) is 0 Å². The quantitative estimate of drug-likeness (QED) is 0.936. The van der Waals surface area contributed by atoms with E-state index in [1.54, 1.807) is 17.5 Å². The van der Waals surface area contributed by atoms with E-state index >= 15 is 0 Å². The molecular formula is C14H17N3O2S2. The molecule has 1 saturated heterocycles. The van der Waals surface area contributed by atoms with Gasteiger partial charge in [-0.2, -0.15) is 0 Å². The third-order valence-corrected chi connectivity index (χ3v) is 6.21. The fourth-order valence-corrected chi connectivity index (χ4v) is 5.14. The lowest BCUT2D eigenvalue weighted by atomic mass is 10.1. The first-order valence-electron chi connectivity index (χ1n) is 6.93. The first-order valence-corrected chi connectivity index (χ1v) is 9.63. The highest BCUT2D eigenvalue weighted by atomic mass is 32.2. The second kappa shape index (κ2) is 5.73. The fraction of sp³-hybridized carbons (Fsp3) is 0.429. The van der Waals surface area contributed by atoms with Crippen molar-refractivity contribution in [3.63, 3.8) is 0 Å².